The third-order valence-corrected chi connectivity index (χ3v) is 1.37. The summed E-state index contributed by atoms with van der Waals surface area (Å²) in [7, 11) is 0. The van der Waals surface area contributed by atoms with Crippen LogP contribution < -0.4 is 0 Å². The Morgan fingerprint density at radius 1 is 0.750 bits per heavy atom. The molecule has 0 N–H and O–H groups in total. The van der Waals surface area contributed by atoms with Gasteiger partial charge in [0.1, 0.15) is 13.3 Å². The molecule has 0 bridgehead atoms. The maximum atomic E-state index is 11.5. The molecule has 0 rings (SSSR count). The summed E-state index contributed by atoms with van der Waals surface area (Å²) in [5, 5.41) is 0. The van der Waals surface area contributed by atoms with Crippen molar-refractivity contribution in [3.8, 4) is 0 Å². The summed E-state index contributed by atoms with van der Waals surface area (Å²) in [6, 6.07) is 0. The second-order valence-corrected chi connectivity index (χ2v) is 3.16. The maximum absolute atomic E-state index is 11.5. The van der Waals surface area contributed by atoms with E-state index in [4.69, 9.17) is 0 Å². The molecule has 0 aliphatic rings. The molecule has 0 aromatic carbocycles. The van der Waals surface area contributed by atoms with Gasteiger partial charge in [-0.3, -0.25) is 0 Å². The summed E-state index contributed by atoms with van der Waals surface area (Å²) in [5.41, 5.74) is 0. The Kier molecular flexibility index (Phi) is 7.69. The van der Waals surface area contributed by atoms with Gasteiger partial charge >= 0.3 is 0 Å². The van der Waals surface area contributed by atoms with E-state index in [0.29, 0.717) is 13.8 Å². The van der Waals surface area contributed by atoms with Gasteiger partial charge < -0.3 is 0 Å². The second-order valence-electron chi connectivity index (χ2n) is 3.16. The van der Waals surface area contributed by atoms with E-state index in [2.05, 4.69) is 0 Å². The van der Waals surface area contributed by atoms with Gasteiger partial charge in [-0.15, -0.1) is 0 Å². The van der Waals surface area contributed by atoms with E-state index < -0.39 is 37.5 Å². The van der Waals surface area contributed by atoms with E-state index in [1.807, 2.05) is 0 Å². The molecule has 0 saturated carbocycles. The molecule has 16 heavy (non-hydrogen) atoms. The SMILES string of the molecule is CC(F)(F)C(F)CF.CC(F)(F)C(F)CF. The van der Waals surface area contributed by atoms with Gasteiger partial charge in [-0.2, -0.15) is 0 Å². The number of hydrogen-bond donors (Lipinski definition) is 0. The summed E-state index contributed by atoms with van der Waals surface area (Å²) < 4.78 is 91.1. The van der Waals surface area contributed by atoms with E-state index in [1.54, 1.807) is 0 Å². The standard InChI is InChI=1S/2C4H6F4/c2*1-4(7,8)3(6)2-5/h2*3H,2H2,1H3. The molecule has 2 unspecified atom stereocenters. The van der Waals surface area contributed by atoms with Crippen LogP contribution in [-0.4, -0.2) is 37.5 Å². The lowest BCUT2D eigenvalue weighted by Gasteiger charge is -2.10. The number of halogens is 8. The van der Waals surface area contributed by atoms with Crippen molar-refractivity contribution in [3.63, 3.8) is 0 Å². The van der Waals surface area contributed by atoms with Gasteiger partial charge in [-0.05, 0) is 0 Å². The van der Waals surface area contributed by atoms with Crippen molar-refractivity contribution >= 4 is 0 Å². The lowest BCUT2D eigenvalue weighted by molar-refractivity contribution is -0.0628. The molecule has 0 amide bonds. The zero-order valence-electron chi connectivity index (χ0n) is 8.59. The highest BCUT2D eigenvalue weighted by molar-refractivity contribution is 4.69. The van der Waals surface area contributed by atoms with E-state index >= 15 is 0 Å². The molecule has 0 aliphatic heterocycles. The molecule has 0 fully saturated rings. The topological polar surface area (TPSA) is 0 Å². The van der Waals surface area contributed by atoms with Crippen LogP contribution >= 0.6 is 0 Å². The normalized spacial score (nSPS) is 16.1. The van der Waals surface area contributed by atoms with Gasteiger partial charge in [0, 0.05) is 13.8 Å². The first-order valence-corrected chi connectivity index (χ1v) is 4.12. The van der Waals surface area contributed by atoms with Crippen LogP contribution in [0.5, 0.6) is 0 Å². The third kappa shape index (κ3) is 8.72. The van der Waals surface area contributed by atoms with Gasteiger partial charge in [0.2, 0.25) is 0 Å². The average molecular weight is 260 g/mol. The first-order valence-electron chi connectivity index (χ1n) is 4.12. The highest BCUT2D eigenvalue weighted by Gasteiger charge is 2.34. The Hall–Kier alpha value is -0.560. The van der Waals surface area contributed by atoms with Crippen molar-refractivity contribution in [2.75, 3.05) is 13.3 Å². The molecule has 0 spiro atoms. The van der Waals surface area contributed by atoms with Crippen molar-refractivity contribution < 1.29 is 35.1 Å². The fraction of sp³-hybridized carbons (Fsp3) is 1.00. The number of rotatable bonds is 4. The van der Waals surface area contributed by atoms with E-state index in [9.17, 15) is 35.1 Å². The maximum Gasteiger partial charge on any atom is 0.278 e. The van der Waals surface area contributed by atoms with E-state index in [-0.39, 0.29) is 0 Å². The van der Waals surface area contributed by atoms with Crippen LogP contribution in [0.4, 0.5) is 35.1 Å². The lowest BCUT2D eigenvalue weighted by atomic mass is 10.3. The Morgan fingerprint density at radius 2 is 0.938 bits per heavy atom. The Balaban J connectivity index is 0. The van der Waals surface area contributed by atoms with Gasteiger partial charge in [-0.1, -0.05) is 0 Å². The van der Waals surface area contributed by atoms with Crippen LogP contribution in [0.15, 0.2) is 0 Å². The predicted octanol–water partition coefficient (Wildman–Crippen LogP) is 3.90. The smallest absolute Gasteiger partial charge is 0.248 e. The van der Waals surface area contributed by atoms with Crippen LogP contribution in [0, 0.1) is 0 Å². The second kappa shape index (κ2) is 6.90. The molecular weight excluding hydrogens is 248 g/mol. The first kappa shape index (κ1) is 17.8. The Morgan fingerprint density at radius 3 is 0.938 bits per heavy atom. The predicted molar refractivity (Wildman–Crippen MR) is 43.0 cm³/mol. The molecule has 8 heteroatoms. The van der Waals surface area contributed by atoms with Crippen molar-refractivity contribution in [2.24, 2.45) is 0 Å². The Labute approximate surface area is 87.6 Å². The molecule has 0 radical (unpaired) electrons. The molecule has 0 aliphatic carbocycles. The van der Waals surface area contributed by atoms with Gasteiger partial charge in [-0.25, -0.2) is 35.1 Å². The summed E-state index contributed by atoms with van der Waals surface area (Å²) in [5.74, 6) is -7.07. The molecule has 0 nitrogen and oxygen atoms in total. The van der Waals surface area contributed by atoms with Crippen molar-refractivity contribution in [2.45, 2.75) is 38.0 Å². The third-order valence-electron chi connectivity index (χ3n) is 1.37. The summed E-state index contributed by atoms with van der Waals surface area (Å²) >= 11 is 0. The summed E-state index contributed by atoms with van der Waals surface area (Å²) in [6.07, 6.45) is -5.30. The zero-order chi connectivity index (χ0) is 13.6. The van der Waals surface area contributed by atoms with Crippen LogP contribution in [0.2, 0.25) is 0 Å². The molecule has 0 heterocycles. The fourth-order valence-electron chi connectivity index (χ4n) is 0.271. The fourth-order valence-corrected chi connectivity index (χ4v) is 0.271. The van der Waals surface area contributed by atoms with E-state index in [1.165, 1.54) is 0 Å². The van der Waals surface area contributed by atoms with Crippen LogP contribution in [0.1, 0.15) is 13.8 Å². The van der Waals surface area contributed by atoms with Gasteiger partial charge in [0.15, 0.2) is 12.3 Å². The van der Waals surface area contributed by atoms with Crippen LogP contribution in [-0.2, 0) is 0 Å². The molecule has 0 aromatic heterocycles. The monoisotopic (exact) mass is 260 g/mol. The molecular formula is C8H12F8. The van der Waals surface area contributed by atoms with Crippen LogP contribution in [0.25, 0.3) is 0 Å². The minimum Gasteiger partial charge on any atom is -0.248 e. The first-order chi connectivity index (χ1) is 6.96. The molecule has 100 valence electrons. The van der Waals surface area contributed by atoms with Crippen molar-refractivity contribution in [1.82, 2.24) is 0 Å². The quantitative estimate of drug-likeness (QED) is 0.672. The minimum atomic E-state index is -3.53. The number of hydrogen-bond acceptors (Lipinski definition) is 0. The van der Waals surface area contributed by atoms with E-state index in [0.717, 1.165) is 0 Å². The Bertz CT molecular complexity index is 150. The van der Waals surface area contributed by atoms with Crippen molar-refractivity contribution in [3.05, 3.63) is 0 Å². The van der Waals surface area contributed by atoms with Gasteiger partial charge in [0.25, 0.3) is 11.8 Å². The summed E-state index contributed by atoms with van der Waals surface area (Å²) in [4.78, 5) is 0. The van der Waals surface area contributed by atoms with Crippen molar-refractivity contribution in [1.29, 1.82) is 0 Å². The lowest BCUT2D eigenvalue weighted by Crippen LogP contribution is -2.27. The highest BCUT2D eigenvalue weighted by atomic mass is 19.3. The minimum absolute atomic E-state index is 0.344. The largest absolute Gasteiger partial charge is 0.278 e. The van der Waals surface area contributed by atoms with Gasteiger partial charge in [0.05, 0.1) is 0 Å². The molecule has 2 atom stereocenters. The van der Waals surface area contributed by atoms with Crippen LogP contribution in [0.3, 0.4) is 0 Å². The molecule has 0 saturated heterocycles. The molecule has 0 aromatic rings. The number of alkyl halides is 8. The highest BCUT2D eigenvalue weighted by Crippen LogP contribution is 2.20. The summed E-state index contributed by atoms with van der Waals surface area (Å²) in [6.45, 7) is -2.55. The zero-order valence-corrected chi connectivity index (χ0v) is 8.59. The average Bonchev–Trinajstić information content (AvgIpc) is 2.13.